The maximum absolute atomic E-state index is 13.0. The molecule has 4 nitrogen and oxygen atoms in total. The number of ether oxygens (including phenoxy) is 1. The van der Waals surface area contributed by atoms with Gasteiger partial charge in [0.05, 0.1) is 17.7 Å². The first-order valence-corrected chi connectivity index (χ1v) is 7.16. The minimum absolute atomic E-state index is 0.185. The minimum atomic E-state index is -4.62. The van der Waals surface area contributed by atoms with Crippen molar-refractivity contribution in [2.75, 3.05) is 11.9 Å². The van der Waals surface area contributed by atoms with Crippen LogP contribution in [0.4, 0.5) is 18.9 Å². The summed E-state index contributed by atoms with van der Waals surface area (Å²) in [5, 5.41) is 11.4. The van der Waals surface area contributed by atoms with Crippen LogP contribution >= 0.6 is 0 Å². The van der Waals surface area contributed by atoms with Gasteiger partial charge < -0.3 is 15.2 Å². The number of aliphatic hydroxyl groups excluding tert-OH is 1. The van der Waals surface area contributed by atoms with Gasteiger partial charge in [-0.25, -0.2) is 0 Å². The fourth-order valence-corrected chi connectivity index (χ4v) is 2.04. The van der Waals surface area contributed by atoms with Crippen molar-refractivity contribution in [1.82, 2.24) is 0 Å². The summed E-state index contributed by atoms with van der Waals surface area (Å²) in [6.45, 7) is 1.47. The number of nitrogens with one attached hydrogen (secondary N) is 1. The molecule has 0 saturated carbocycles. The monoisotopic (exact) mass is 339 g/mol. The van der Waals surface area contributed by atoms with Crippen LogP contribution in [0, 0.1) is 0 Å². The average molecular weight is 339 g/mol. The molecule has 0 fully saturated rings. The summed E-state index contributed by atoms with van der Waals surface area (Å²) in [5.41, 5.74) is -1.16. The molecule has 2 N–H and O–H groups in total. The molecule has 1 unspecified atom stereocenters. The number of aliphatic hydroxyl groups is 1. The first kappa shape index (κ1) is 17.8. The second-order valence-corrected chi connectivity index (χ2v) is 5.14. The second-order valence-electron chi connectivity index (χ2n) is 5.14. The van der Waals surface area contributed by atoms with E-state index >= 15 is 0 Å². The van der Waals surface area contributed by atoms with E-state index in [-0.39, 0.29) is 6.61 Å². The van der Waals surface area contributed by atoms with Gasteiger partial charge in [0.25, 0.3) is 5.91 Å². The largest absolute Gasteiger partial charge is 0.488 e. The molecule has 2 aromatic carbocycles. The van der Waals surface area contributed by atoms with Gasteiger partial charge in [0.2, 0.25) is 0 Å². The maximum Gasteiger partial charge on any atom is 0.417 e. The van der Waals surface area contributed by atoms with E-state index in [2.05, 4.69) is 5.32 Å². The number of hydrogen-bond acceptors (Lipinski definition) is 3. The number of halogens is 3. The topological polar surface area (TPSA) is 58.6 Å². The Morgan fingerprint density at radius 2 is 1.92 bits per heavy atom. The molecule has 0 aromatic heterocycles. The van der Waals surface area contributed by atoms with E-state index < -0.39 is 29.3 Å². The van der Waals surface area contributed by atoms with Gasteiger partial charge in [-0.2, -0.15) is 13.2 Å². The summed E-state index contributed by atoms with van der Waals surface area (Å²) in [6.07, 6.45) is -5.06. The van der Waals surface area contributed by atoms with E-state index in [1.165, 1.54) is 24.3 Å². The third-order valence-electron chi connectivity index (χ3n) is 3.16. The van der Waals surface area contributed by atoms with Gasteiger partial charge in [-0.3, -0.25) is 4.79 Å². The third-order valence-corrected chi connectivity index (χ3v) is 3.16. The Labute approximate surface area is 136 Å². The molecule has 0 radical (unpaired) electrons. The number of rotatable bonds is 5. The fraction of sp³-hybridized carbons (Fsp3) is 0.235. The molecule has 128 valence electrons. The molecule has 1 atom stereocenters. The van der Waals surface area contributed by atoms with Crippen molar-refractivity contribution in [3.63, 3.8) is 0 Å². The number of carbonyl (C=O) groups excluding carboxylic acids is 1. The predicted octanol–water partition coefficient (Wildman–Crippen LogP) is 3.72. The van der Waals surface area contributed by atoms with Crippen molar-refractivity contribution in [1.29, 1.82) is 0 Å². The molecule has 0 saturated heterocycles. The van der Waals surface area contributed by atoms with Crippen molar-refractivity contribution in [2.45, 2.75) is 19.2 Å². The van der Waals surface area contributed by atoms with Crippen molar-refractivity contribution >= 4 is 11.6 Å². The average Bonchev–Trinajstić information content (AvgIpc) is 2.54. The van der Waals surface area contributed by atoms with Crippen LogP contribution in [0.15, 0.2) is 48.5 Å². The highest BCUT2D eigenvalue weighted by Gasteiger charge is 2.34. The zero-order valence-electron chi connectivity index (χ0n) is 12.8. The first-order chi connectivity index (χ1) is 11.3. The van der Waals surface area contributed by atoms with Crippen LogP contribution in [0.1, 0.15) is 22.8 Å². The Bertz CT molecular complexity index is 716. The number of carbonyl (C=O) groups is 1. The summed E-state index contributed by atoms with van der Waals surface area (Å²) in [5.74, 6) is -0.478. The lowest BCUT2D eigenvalue weighted by Gasteiger charge is -2.14. The maximum atomic E-state index is 13.0. The van der Waals surface area contributed by atoms with Gasteiger partial charge >= 0.3 is 6.18 Å². The summed E-state index contributed by atoms with van der Waals surface area (Å²) in [7, 11) is 0. The lowest BCUT2D eigenvalue weighted by Crippen LogP contribution is -2.19. The molecule has 0 bridgehead atoms. The van der Waals surface area contributed by atoms with Crippen LogP contribution in [0.25, 0.3) is 0 Å². The smallest absolute Gasteiger partial charge is 0.417 e. The Morgan fingerprint density at radius 1 is 1.21 bits per heavy atom. The number of benzene rings is 2. The molecule has 2 rings (SSSR count). The normalized spacial score (nSPS) is 12.5. The summed E-state index contributed by atoms with van der Waals surface area (Å²) in [4.78, 5) is 12.2. The van der Waals surface area contributed by atoms with Crippen LogP contribution < -0.4 is 10.1 Å². The molecular formula is C17H16F3NO3. The van der Waals surface area contributed by atoms with Gasteiger partial charge in [-0.1, -0.05) is 18.2 Å². The number of hydrogen-bond donors (Lipinski definition) is 2. The molecule has 2 aromatic rings. The van der Waals surface area contributed by atoms with E-state index in [1.807, 2.05) is 0 Å². The molecular weight excluding hydrogens is 323 g/mol. The third kappa shape index (κ3) is 4.48. The van der Waals surface area contributed by atoms with Gasteiger partial charge in [0.15, 0.2) is 0 Å². The first-order valence-electron chi connectivity index (χ1n) is 7.16. The van der Waals surface area contributed by atoms with Crippen molar-refractivity contribution < 1.29 is 27.8 Å². The van der Waals surface area contributed by atoms with Crippen LogP contribution in [0.2, 0.25) is 0 Å². The lowest BCUT2D eigenvalue weighted by molar-refractivity contribution is -0.137. The van der Waals surface area contributed by atoms with Crippen LogP contribution in [-0.4, -0.2) is 23.7 Å². The highest BCUT2D eigenvalue weighted by Crippen LogP contribution is 2.32. The Hall–Kier alpha value is -2.54. The van der Waals surface area contributed by atoms with Gasteiger partial charge in [-0.05, 0) is 31.2 Å². The molecule has 0 spiro atoms. The number of anilines is 1. The summed E-state index contributed by atoms with van der Waals surface area (Å²) < 4.78 is 44.3. The van der Waals surface area contributed by atoms with Gasteiger partial charge in [0, 0.05) is 11.8 Å². The zero-order chi connectivity index (χ0) is 17.7. The molecule has 1 amide bonds. The minimum Gasteiger partial charge on any atom is -0.488 e. The highest BCUT2D eigenvalue weighted by molar-refractivity contribution is 6.05. The molecule has 7 heteroatoms. The van der Waals surface area contributed by atoms with Gasteiger partial charge in [0.1, 0.15) is 11.9 Å². The molecule has 0 aliphatic rings. The van der Waals surface area contributed by atoms with Gasteiger partial charge in [-0.15, -0.1) is 0 Å². The highest BCUT2D eigenvalue weighted by atomic mass is 19.4. The molecule has 0 heterocycles. The van der Waals surface area contributed by atoms with E-state index in [1.54, 1.807) is 19.1 Å². The molecule has 0 aliphatic carbocycles. The van der Waals surface area contributed by atoms with E-state index in [0.717, 1.165) is 12.1 Å². The van der Waals surface area contributed by atoms with E-state index in [9.17, 15) is 18.0 Å². The number of alkyl halides is 3. The molecule has 24 heavy (non-hydrogen) atoms. The van der Waals surface area contributed by atoms with Crippen molar-refractivity contribution in [3.8, 4) is 5.75 Å². The lowest BCUT2D eigenvalue weighted by atomic mass is 10.1. The van der Waals surface area contributed by atoms with Crippen molar-refractivity contribution in [3.05, 3.63) is 59.7 Å². The molecule has 0 aliphatic heterocycles. The van der Waals surface area contributed by atoms with E-state index in [4.69, 9.17) is 9.84 Å². The van der Waals surface area contributed by atoms with Crippen LogP contribution in [0.5, 0.6) is 5.75 Å². The Morgan fingerprint density at radius 3 is 2.58 bits per heavy atom. The van der Waals surface area contributed by atoms with Crippen LogP contribution in [-0.2, 0) is 6.18 Å². The number of amides is 1. The standard InChI is InChI=1S/C17H16F3NO3/c1-11(10-22)24-13-6-4-5-12(9-13)21-16(23)14-7-2-3-8-15(14)17(18,19)20/h2-9,11,22H,10H2,1H3,(H,21,23). The van der Waals surface area contributed by atoms with Crippen LogP contribution in [0.3, 0.4) is 0 Å². The quantitative estimate of drug-likeness (QED) is 0.873. The summed E-state index contributed by atoms with van der Waals surface area (Å²) in [6, 6.07) is 10.8. The van der Waals surface area contributed by atoms with E-state index in [0.29, 0.717) is 11.4 Å². The van der Waals surface area contributed by atoms with Crippen molar-refractivity contribution in [2.24, 2.45) is 0 Å². The Balaban J connectivity index is 2.21. The summed E-state index contributed by atoms with van der Waals surface area (Å²) >= 11 is 0. The Kier molecular flexibility index (Phi) is 5.46. The SMILES string of the molecule is CC(CO)Oc1cccc(NC(=O)c2ccccc2C(F)(F)F)c1. The predicted molar refractivity (Wildman–Crippen MR) is 83.0 cm³/mol. The second kappa shape index (κ2) is 7.35. The zero-order valence-corrected chi connectivity index (χ0v) is 12.8. The fourth-order valence-electron chi connectivity index (χ4n) is 2.04.